The summed E-state index contributed by atoms with van der Waals surface area (Å²) in [6.07, 6.45) is 2.99. The van der Waals surface area contributed by atoms with Crippen LogP contribution in [0.1, 0.15) is 20.8 Å². The molecule has 4 nitrogen and oxygen atoms in total. The molecule has 0 spiro atoms. The van der Waals surface area contributed by atoms with Crippen molar-refractivity contribution in [3.63, 3.8) is 0 Å². The molecule has 78 valence electrons. The molecule has 2 N–H and O–H groups in total. The molecule has 0 aromatic heterocycles. The van der Waals surface area contributed by atoms with E-state index in [0.717, 1.165) is 0 Å². The van der Waals surface area contributed by atoms with Gasteiger partial charge in [-0.05, 0) is 27.0 Å². The highest BCUT2D eigenvalue weighted by molar-refractivity contribution is 6.60. The third kappa shape index (κ3) is 2.16. The lowest BCUT2D eigenvalue weighted by Gasteiger charge is -2.21. The minimum absolute atomic E-state index is 0.0349. The first-order valence-corrected chi connectivity index (χ1v) is 4.72. The zero-order valence-corrected chi connectivity index (χ0v) is 9.13. The first kappa shape index (κ1) is 11.3. The zero-order valence-electron chi connectivity index (χ0n) is 9.13. The van der Waals surface area contributed by atoms with Crippen LogP contribution in [0.2, 0.25) is 0 Å². The smallest absolute Gasteiger partial charge is 0.402 e. The van der Waals surface area contributed by atoms with E-state index in [1.807, 2.05) is 20.8 Å². The Morgan fingerprint density at radius 2 is 2.21 bits per heavy atom. The van der Waals surface area contributed by atoms with Crippen molar-refractivity contribution in [1.29, 1.82) is 5.41 Å². The van der Waals surface area contributed by atoms with Crippen LogP contribution in [-0.2, 0) is 9.31 Å². The van der Waals surface area contributed by atoms with Crippen LogP contribution in [0, 0.1) is 5.41 Å². The van der Waals surface area contributed by atoms with E-state index in [0.29, 0.717) is 5.47 Å². The second-order valence-electron chi connectivity index (χ2n) is 3.91. The summed E-state index contributed by atoms with van der Waals surface area (Å²) in [6.45, 7) is 5.94. The van der Waals surface area contributed by atoms with Gasteiger partial charge < -0.3 is 20.0 Å². The van der Waals surface area contributed by atoms with E-state index in [1.165, 1.54) is 6.21 Å². The van der Waals surface area contributed by atoms with Crippen LogP contribution in [-0.4, -0.2) is 32.1 Å². The summed E-state index contributed by atoms with van der Waals surface area (Å²) >= 11 is 0. The second-order valence-corrected chi connectivity index (χ2v) is 3.91. The highest BCUT2D eigenvalue weighted by Crippen LogP contribution is 2.28. The topological polar surface area (TPSA) is 54.3 Å². The number of allylic oxidation sites excluding steroid dienone is 1. The number of hydrogen-bond acceptors (Lipinski definition) is 4. The SMILES string of the molecule is CN/C=C(\C=N)B1OC(C)C(C)(C)O1. The van der Waals surface area contributed by atoms with Crippen LogP contribution in [0.5, 0.6) is 0 Å². The van der Waals surface area contributed by atoms with Crippen LogP contribution in [0.3, 0.4) is 0 Å². The van der Waals surface area contributed by atoms with Crippen molar-refractivity contribution >= 4 is 13.3 Å². The summed E-state index contributed by atoms with van der Waals surface area (Å²) < 4.78 is 11.3. The van der Waals surface area contributed by atoms with Gasteiger partial charge in [-0.1, -0.05) is 0 Å². The molecule has 1 aliphatic heterocycles. The van der Waals surface area contributed by atoms with E-state index in [9.17, 15) is 0 Å². The Morgan fingerprint density at radius 1 is 1.57 bits per heavy atom. The molecule has 1 saturated heterocycles. The molecule has 0 aliphatic carbocycles. The number of hydrogen-bond donors (Lipinski definition) is 2. The average Bonchev–Trinajstić information content (AvgIpc) is 2.37. The Bertz CT molecular complexity index is 253. The van der Waals surface area contributed by atoms with Crippen LogP contribution < -0.4 is 5.32 Å². The van der Waals surface area contributed by atoms with Gasteiger partial charge in [0.25, 0.3) is 0 Å². The van der Waals surface area contributed by atoms with Crippen molar-refractivity contribution in [2.75, 3.05) is 7.05 Å². The lowest BCUT2D eigenvalue weighted by atomic mass is 9.79. The molecule has 1 fully saturated rings. The third-order valence-corrected chi connectivity index (χ3v) is 2.47. The predicted molar refractivity (Wildman–Crippen MR) is 57.4 cm³/mol. The first-order valence-electron chi connectivity index (χ1n) is 4.72. The maximum absolute atomic E-state index is 7.23. The van der Waals surface area contributed by atoms with Gasteiger partial charge in [-0.15, -0.1) is 0 Å². The van der Waals surface area contributed by atoms with E-state index < -0.39 is 7.12 Å². The van der Waals surface area contributed by atoms with Crippen LogP contribution in [0.15, 0.2) is 11.7 Å². The lowest BCUT2D eigenvalue weighted by Crippen LogP contribution is -2.30. The minimum atomic E-state index is -0.426. The Labute approximate surface area is 85.3 Å². The average molecular weight is 196 g/mol. The molecule has 5 heteroatoms. The molecule has 0 amide bonds. The second kappa shape index (κ2) is 4.15. The van der Waals surface area contributed by atoms with E-state index >= 15 is 0 Å². The van der Waals surface area contributed by atoms with E-state index in [-0.39, 0.29) is 11.7 Å². The molecule has 0 bridgehead atoms. The molecule has 0 aromatic carbocycles. The van der Waals surface area contributed by atoms with Gasteiger partial charge in [-0.25, -0.2) is 0 Å². The Kier molecular flexibility index (Phi) is 3.34. The van der Waals surface area contributed by atoms with Gasteiger partial charge in [0, 0.05) is 18.7 Å². The number of nitrogens with one attached hydrogen (secondary N) is 2. The van der Waals surface area contributed by atoms with Gasteiger partial charge >= 0.3 is 7.12 Å². The largest absolute Gasteiger partial charge is 0.497 e. The predicted octanol–water partition coefficient (Wildman–Crippen LogP) is 0.981. The van der Waals surface area contributed by atoms with Gasteiger partial charge in [0.15, 0.2) is 0 Å². The van der Waals surface area contributed by atoms with Gasteiger partial charge in [0.1, 0.15) is 0 Å². The van der Waals surface area contributed by atoms with E-state index in [2.05, 4.69) is 5.32 Å². The summed E-state index contributed by atoms with van der Waals surface area (Å²) in [6, 6.07) is 0. The Hall–Kier alpha value is -0.805. The minimum Gasteiger partial charge on any atom is -0.402 e. The van der Waals surface area contributed by atoms with E-state index in [1.54, 1.807) is 13.2 Å². The summed E-state index contributed by atoms with van der Waals surface area (Å²) in [7, 11) is 1.36. The maximum atomic E-state index is 7.23. The van der Waals surface area contributed by atoms with Crippen molar-refractivity contribution in [1.82, 2.24) is 5.32 Å². The molecular formula is C9H17BN2O2. The highest BCUT2D eigenvalue weighted by Gasteiger charge is 2.44. The molecule has 1 heterocycles. The number of rotatable bonds is 3. The zero-order chi connectivity index (χ0) is 10.8. The maximum Gasteiger partial charge on any atom is 0.497 e. The fraction of sp³-hybridized carbons (Fsp3) is 0.667. The van der Waals surface area contributed by atoms with Gasteiger partial charge in [-0.2, -0.15) is 0 Å². The summed E-state index contributed by atoms with van der Waals surface area (Å²) in [5, 5.41) is 10.1. The Balaban J connectivity index is 2.74. The van der Waals surface area contributed by atoms with Crippen molar-refractivity contribution in [2.24, 2.45) is 0 Å². The van der Waals surface area contributed by atoms with Gasteiger partial charge in [0.05, 0.1) is 11.7 Å². The van der Waals surface area contributed by atoms with Crippen LogP contribution >= 0.6 is 0 Å². The molecular weight excluding hydrogens is 179 g/mol. The molecule has 1 atom stereocenters. The quantitative estimate of drug-likeness (QED) is 0.522. The van der Waals surface area contributed by atoms with Gasteiger partial charge in [-0.3, -0.25) is 0 Å². The fourth-order valence-corrected chi connectivity index (χ4v) is 1.24. The van der Waals surface area contributed by atoms with Crippen molar-refractivity contribution in [3.05, 3.63) is 11.7 Å². The first-order chi connectivity index (χ1) is 6.51. The summed E-state index contributed by atoms with van der Waals surface area (Å²) in [4.78, 5) is 0. The fourth-order valence-electron chi connectivity index (χ4n) is 1.24. The normalized spacial score (nSPS) is 26.4. The summed E-state index contributed by atoms with van der Waals surface area (Å²) in [5.41, 5.74) is 0.408. The van der Waals surface area contributed by atoms with Crippen LogP contribution in [0.25, 0.3) is 0 Å². The molecule has 0 saturated carbocycles. The molecule has 0 aromatic rings. The molecule has 1 aliphatic rings. The lowest BCUT2D eigenvalue weighted by molar-refractivity contribution is 0.0842. The Morgan fingerprint density at radius 3 is 2.57 bits per heavy atom. The third-order valence-electron chi connectivity index (χ3n) is 2.47. The van der Waals surface area contributed by atoms with Crippen LogP contribution in [0.4, 0.5) is 0 Å². The van der Waals surface area contributed by atoms with Gasteiger partial charge in [0.2, 0.25) is 0 Å². The highest BCUT2D eigenvalue weighted by atomic mass is 16.7. The van der Waals surface area contributed by atoms with E-state index in [4.69, 9.17) is 14.7 Å². The van der Waals surface area contributed by atoms with Crippen molar-refractivity contribution in [2.45, 2.75) is 32.5 Å². The van der Waals surface area contributed by atoms with Crippen molar-refractivity contribution in [3.8, 4) is 0 Å². The monoisotopic (exact) mass is 196 g/mol. The molecule has 1 unspecified atom stereocenters. The standard InChI is InChI=1S/C9H17BN2O2/c1-7-9(2,3)14-10(13-7)8(5-11)6-12-4/h5-7,11-12H,1-4H3/b8-6+,11-5?. The molecule has 0 radical (unpaired) electrons. The summed E-state index contributed by atoms with van der Waals surface area (Å²) in [5.74, 6) is 0. The molecule has 1 rings (SSSR count). The van der Waals surface area contributed by atoms with Crippen molar-refractivity contribution < 1.29 is 9.31 Å². The molecule has 14 heavy (non-hydrogen) atoms.